The highest BCUT2D eigenvalue weighted by molar-refractivity contribution is 7.80. The number of hydrogen-bond donors (Lipinski definition) is 2. The standard InChI is InChI=1S/C38H64F3N3O10S/c39-38(40,41)37(43-44-37)35-12-10-34(11-13-35)36(45)42-14-16-47-18-20-49-22-24-51-26-28-53-30-32-54-31-29-52-27-25-50-23-21-48-19-17-46-15-8-6-4-2-1-3-5-7-9-33-55/h10-13,55H,1-9,14-33H2,(H,42,45). The smallest absolute Gasteiger partial charge is 0.379 e. The molecule has 0 spiro atoms. The molecule has 1 aromatic rings. The van der Waals surface area contributed by atoms with Crippen LogP contribution in [0.25, 0.3) is 0 Å². The molecule has 17 heteroatoms. The molecule has 318 valence electrons. The summed E-state index contributed by atoms with van der Waals surface area (Å²) in [5.41, 5.74) is -2.40. The van der Waals surface area contributed by atoms with E-state index in [1.807, 2.05) is 0 Å². The van der Waals surface area contributed by atoms with Gasteiger partial charge >= 0.3 is 11.8 Å². The number of amides is 1. The van der Waals surface area contributed by atoms with Crippen LogP contribution in [0, 0.1) is 0 Å². The van der Waals surface area contributed by atoms with Gasteiger partial charge in [-0.1, -0.05) is 57.1 Å². The third kappa shape index (κ3) is 25.1. The number of nitrogens with zero attached hydrogens (tertiary/aromatic N) is 2. The second-order valence-electron chi connectivity index (χ2n) is 12.6. The van der Waals surface area contributed by atoms with Gasteiger partial charge in [0.15, 0.2) is 0 Å². The fraction of sp³-hybridized carbons (Fsp3) is 0.816. The van der Waals surface area contributed by atoms with Gasteiger partial charge < -0.3 is 47.9 Å². The molecular weight excluding hydrogens is 747 g/mol. The summed E-state index contributed by atoms with van der Waals surface area (Å²) in [6.45, 7) is 8.92. The van der Waals surface area contributed by atoms with Crippen molar-refractivity contribution in [3.8, 4) is 0 Å². The van der Waals surface area contributed by atoms with Crippen molar-refractivity contribution in [2.45, 2.75) is 69.6 Å². The molecule has 1 aromatic carbocycles. The first-order valence-corrected chi connectivity index (χ1v) is 20.2. The maximum absolute atomic E-state index is 13.1. The van der Waals surface area contributed by atoms with Crippen molar-refractivity contribution in [2.75, 3.05) is 131 Å². The summed E-state index contributed by atoms with van der Waals surface area (Å²) in [5.74, 6) is 0.589. The van der Waals surface area contributed by atoms with E-state index in [-0.39, 0.29) is 24.3 Å². The molecular formula is C38H64F3N3O10S. The molecule has 1 aliphatic rings. The van der Waals surface area contributed by atoms with Crippen molar-refractivity contribution >= 4 is 18.5 Å². The molecule has 0 radical (unpaired) electrons. The van der Waals surface area contributed by atoms with Gasteiger partial charge in [-0.15, -0.1) is 10.2 Å². The van der Waals surface area contributed by atoms with Gasteiger partial charge in [0, 0.05) is 24.3 Å². The van der Waals surface area contributed by atoms with E-state index in [9.17, 15) is 18.0 Å². The number of carbonyl (C=O) groups excluding carboxylic acids is 1. The van der Waals surface area contributed by atoms with Gasteiger partial charge in [0.05, 0.1) is 112 Å². The Hall–Kier alpha value is -1.93. The molecule has 0 saturated heterocycles. The Morgan fingerprint density at radius 2 is 0.836 bits per heavy atom. The maximum Gasteiger partial charge on any atom is 0.442 e. The number of nitrogens with one attached hydrogen (secondary N) is 1. The number of thiol groups is 1. The van der Waals surface area contributed by atoms with E-state index in [0.29, 0.717) is 106 Å². The molecule has 0 bridgehead atoms. The Bertz CT molecular complexity index is 1090. The average molecular weight is 812 g/mol. The van der Waals surface area contributed by atoms with Crippen LogP contribution >= 0.6 is 12.6 Å². The third-order valence-electron chi connectivity index (χ3n) is 8.20. The summed E-state index contributed by atoms with van der Waals surface area (Å²) < 4.78 is 88.7. The van der Waals surface area contributed by atoms with Crippen LogP contribution in [0.2, 0.25) is 0 Å². The van der Waals surface area contributed by atoms with E-state index in [2.05, 4.69) is 28.2 Å². The summed E-state index contributed by atoms with van der Waals surface area (Å²) in [6.07, 6.45) is 6.98. The summed E-state index contributed by atoms with van der Waals surface area (Å²) in [6, 6.07) is 5.03. The van der Waals surface area contributed by atoms with Crippen LogP contribution in [-0.2, 0) is 48.3 Å². The molecule has 0 saturated carbocycles. The number of halogens is 3. The van der Waals surface area contributed by atoms with Gasteiger partial charge in [-0.05, 0) is 30.7 Å². The summed E-state index contributed by atoms with van der Waals surface area (Å²) >= 11 is 4.25. The normalized spacial score (nSPS) is 13.5. The van der Waals surface area contributed by atoms with Crippen LogP contribution < -0.4 is 5.32 Å². The molecule has 55 heavy (non-hydrogen) atoms. The number of hydrogen-bond acceptors (Lipinski definition) is 13. The summed E-state index contributed by atoms with van der Waals surface area (Å²) in [7, 11) is 0. The van der Waals surface area contributed by atoms with Crippen molar-refractivity contribution in [1.29, 1.82) is 0 Å². The second kappa shape index (κ2) is 33.1. The van der Waals surface area contributed by atoms with E-state index in [1.54, 1.807) is 0 Å². The molecule has 0 unspecified atom stereocenters. The quantitative estimate of drug-likeness (QED) is 0.0584. The molecule has 1 N–H and O–H groups in total. The highest BCUT2D eigenvalue weighted by Crippen LogP contribution is 2.52. The fourth-order valence-corrected chi connectivity index (χ4v) is 5.27. The van der Waals surface area contributed by atoms with E-state index in [0.717, 1.165) is 18.8 Å². The minimum Gasteiger partial charge on any atom is -0.379 e. The van der Waals surface area contributed by atoms with Crippen molar-refractivity contribution < 1.29 is 60.6 Å². The lowest BCUT2D eigenvalue weighted by atomic mass is 10.0. The monoisotopic (exact) mass is 811 g/mol. The SMILES string of the molecule is O=C(NCCOCCOCCOCCOCCOCCOCCOCCOCCOCCCCCCCCCCCS)c1ccc(C2(C(F)(F)F)N=N2)cc1. The Balaban J connectivity index is 1.19. The lowest BCUT2D eigenvalue weighted by Gasteiger charge is -2.15. The lowest BCUT2D eigenvalue weighted by molar-refractivity contribution is -0.166. The summed E-state index contributed by atoms with van der Waals surface area (Å²) in [5, 5.41) is 8.95. The van der Waals surface area contributed by atoms with Gasteiger partial charge in [-0.25, -0.2) is 0 Å². The van der Waals surface area contributed by atoms with E-state index in [4.69, 9.17) is 42.6 Å². The Morgan fingerprint density at radius 3 is 1.18 bits per heavy atom. The van der Waals surface area contributed by atoms with Gasteiger partial charge in [-0.2, -0.15) is 25.8 Å². The van der Waals surface area contributed by atoms with Crippen LogP contribution in [0.3, 0.4) is 0 Å². The van der Waals surface area contributed by atoms with E-state index in [1.165, 1.54) is 75.6 Å². The molecule has 1 heterocycles. The van der Waals surface area contributed by atoms with E-state index < -0.39 is 17.7 Å². The first-order valence-electron chi connectivity index (χ1n) is 19.6. The third-order valence-corrected chi connectivity index (χ3v) is 8.52. The number of unbranched alkanes of at least 4 members (excludes halogenated alkanes) is 8. The average Bonchev–Trinajstić information content (AvgIpc) is 4.00. The molecule has 0 aromatic heterocycles. The zero-order valence-corrected chi connectivity index (χ0v) is 33.3. The molecule has 1 amide bonds. The van der Waals surface area contributed by atoms with Crippen LogP contribution in [0.4, 0.5) is 13.2 Å². The number of benzene rings is 1. The highest BCUT2D eigenvalue weighted by Gasteiger charge is 2.65. The van der Waals surface area contributed by atoms with Gasteiger partial charge in [0.2, 0.25) is 0 Å². The van der Waals surface area contributed by atoms with Crippen LogP contribution in [0.5, 0.6) is 0 Å². The topological polar surface area (TPSA) is 137 Å². The van der Waals surface area contributed by atoms with Crippen molar-refractivity contribution in [1.82, 2.24) is 5.32 Å². The molecule has 1 aliphatic heterocycles. The highest BCUT2D eigenvalue weighted by atomic mass is 32.1. The largest absolute Gasteiger partial charge is 0.442 e. The molecule has 2 rings (SSSR count). The predicted octanol–water partition coefficient (Wildman–Crippen LogP) is 6.19. The Labute approximate surface area is 330 Å². The first-order chi connectivity index (χ1) is 26.9. The number of carbonyl (C=O) groups is 1. The molecule has 0 atom stereocenters. The minimum absolute atomic E-state index is 0.126. The summed E-state index contributed by atoms with van der Waals surface area (Å²) in [4.78, 5) is 12.2. The van der Waals surface area contributed by atoms with Crippen molar-refractivity contribution in [2.24, 2.45) is 10.2 Å². The molecule has 13 nitrogen and oxygen atoms in total. The van der Waals surface area contributed by atoms with Crippen molar-refractivity contribution in [3.63, 3.8) is 0 Å². The Morgan fingerprint density at radius 1 is 0.509 bits per heavy atom. The van der Waals surface area contributed by atoms with Gasteiger partial charge in [0.25, 0.3) is 5.91 Å². The lowest BCUT2D eigenvalue weighted by Crippen LogP contribution is -2.30. The van der Waals surface area contributed by atoms with Crippen LogP contribution in [0.15, 0.2) is 34.5 Å². The number of rotatable bonds is 40. The first kappa shape index (κ1) is 49.2. The fourth-order valence-electron chi connectivity index (χ4n) is 5.05. The van der Waals surface area contributed by atoms with Crippen LogP contribution in [0.1, 0.15) is 73.7 Å². The minimum atomic E-state index is -4.61. The Kier molecular flexibility index (Phi) is 29.6. The number of alkyl halides is 3. The second-order valence-corrected chi connectivity index (χ2v) is 13.1. The van der Waals surface area contributed by atoms with Gasteiger partial charge in [-0.3, -0.25) is 4.79 Å². The van der Waals surface area contributed by atoms with Crippen LogP contribution in [-0.4, -0.2) is 143 Å². The number of ether oxygens (including phenoxy) is 9. The zero-order valence-electron chi connectivity index (χ0n) is 32.4. The maximum atomic E-state index is 13.1. The van der Waals surface area contributed by atoms with Gasteiger partial charge in [0.1, 0.15) is 0 Å². The van der Waals surface area contributed by atoms with Crippen molar-refractivity contribution in [3.05, 3.63) is 35.4 Å². The predicted molar refractivity (Wildman–Crippen MR) is 204 cm³/mol. The molecule has 0 aliphatic carbocycles. The zero-order chi connectivity index (χ0) is 39.6. The molecule has 0 fully saturated rings. The van der Waals surface area contributed by atoms with E-state index >= 15 is 0 Å².